The molecule has 27 heavy (non-hydrogen) atoms. The van der Waals surface area contributed by atoms with E-state index in [2.05, 4.69) is 20.6 Å². The highest BCUT2D eigenvalue weighted by Crippen LogP contribution is 2.37. The molecule has 0 radical (unpaired) electrons. The summed E-state index contributed by atoms with van der Waals surface area (Å²) in [7, 11) is 3.09. The zero-order valence-corrected chi connectivity index (χ0v) is 15.4. The number of hydrogen-bond donors (Lipinski definition) is 2. The van der Waals surface area contributed by atoms with Crippen molar-refractivity contribution in [3.63, 3.8) is 0 Å². The summed E-state index contributed by atoms with van der Waals surface area (Å²) in [4.78, 5) is 20.3. The number of carbonyl (C=O) groups excluding carboxylic acids is 1. The van der Waals surface area contributed by atoms with Crippen LogP contribution in [0.3, 0.4) is 0 Å². The summed E-state index contributed by atoms with van der Waals surface area (Å²) in [5.41, 5.74) is 1.84. The maximum atomic E-state index is 12.1. The number of pyridine rings is 2. The molecule has 0 atom stereocenters. The predicted molar refractivity (Wildman–Crippen MR) is 104 cm³/mol. The van der Waals surface area contributed by atoms with Gasteiger partial charge in [-0.3, -0.25) is 9.78 Å². The first kappa shape index (κ1) is 18.5. The highest BCUT2D eigenvalue weighted by atomic mass is 35.5. The van der Waals surface area contributed by atoms with Crippen LogP contribution >= 0.6 is 11.6 Å². The predicted octanol–water partition coefficient (Wildman–Crippen LogP) is 4.14. The second kappa shape index (κ2) is 8.37. The number of anilines is 3. The van der Waals surface area contributed by atoms with Crippen LogP contribution in [0, 0.1) is 0 Å². The molecule has 2 aromatic heterocycles. The zero-order valence-electron chi connectivity index (χ0n) is 14.7. The molecule has 1 amide bonds. The summed E-state index contributed by atoms with van der Waals surface area (Å²) in [5.74, 6) is 1.23. The largest absolute Gasteiger partial charge is 0.495 e. The van der Waals surface area contributed by atoms with Gasteiger partial charge in [-0.05, 0) is 24.3 Å². The number of nitrogens with zero attached hydrogens (tertiary/aromatic N) is 2. The van der Waals surface area contributed by atoms with Crippen molar-refractivity contribution in [2.75, 3.05) is 24.9 Å². The molecule has 0 aliphatic heterocycles. The minimum absolute atomic E-state index is 0.277. The number of ether oxygens (including phenoxy) is 2. The van der Waals surface area contributed by atoms with E-state index in [0.29, 0.717) is 39.3 Å². The third-order valence-corrected chi connectivity index (χ3v) is 3.98. The van der Waals surface area contributed by atoms with Crippen LogP contribution in [0.2, 0.25) is 5.02 Å². The second-order valence-corrected chi connectivity index (χ2v) is 5.85. The summed E-state index contributed by atoms with van der Waals surface area (Å²) in [6.45, 7) is 0. The lowest BCUT2D eigenvalue weighted by molar-refractivity contribution is 0.102. The quantitative estimate of drug-likeness (QED) is 0.664. The Morgan fingerprint density at radius 2 is 1.89 bits per heavy atom. The van der Waals surface area contributed by atoms with E-state index in [-0.39, 0.29) is 5.91 Å². The van der Waals surface area contributed by atoms with Gasteiger partial charge in [0.05, 0.1) is 42.4 Å². The molecule has 8 heteroatoms. The Kier molecular flexibility index (Phi) is 5.73. The molecule has 2 heterocycles. The first-order valence-corrected chi connectivity index (χ1v) is 8.34. The maximum Gasteiger partial charge on any atom is 0.258 e. The Labute approximate surface area is 161 Å². The van der Waals surface area contributed by atoms with E-state index in [1.54, 1.807) is 63.0 Å². The fraction of sp³-hybridized carbons (Fsp3) is 0.105. The van der Waals surface area contributed by atoms with Crippen LogP contribution in [0.1, 0.15) is 10.4 Å². The van der Waals surface area contributed by atoms with Gasteiger partial charge in [0.25, 0.3) is 5.91 Å². The standard InChI is InChI=1S/C19H17ClN4O3/c1-26-16-9-15(17(27-2)8-14(16)20)23-13-5-6-18(22-11-13)24-19(25)12-4-3-7-21-10-12/h3-11,23H,1-2H3,(H,22,24,25). The third kappa shape index (κ3) is 4.45. The van der Waals surface area contributed by atoms with Crippen LogP contribution < -0.4 is 20.1 Å². The summed E-state index contributed by atoms with van der Waals surface area (Å²) < 4.78 is 10.6. The maximum absolute atomic E-state index is 12.1. The third-order valence-electron chi connectivity index (χ3n) is 3.68. The smallest absolute Gasteiger partial charge is 0.258 e. The van der Waals surface area contributed by atoms with Crippen molar-refractivity contribution in [2.24, 2.45) is 0 Å². The molecule has 2 N–H and O–H groups in total. The Morgan fingerprint density at radius 3 is 2.52 bits per heavy atom. The second-order valence-electron chi connectivity index (χ2n) is 5.44. The normalized spacial score (nSPS) is 10.2. The number of carbonyl (C=O) groups is 1. The topological polar surface area (TPSA) is 85.4 Å². The van der Waals surface area contributed by atoms with E-state index >= 15 is 0 Å². The van der Waals surface area contributed by atoms with Crippen LogP contribution in [0.25, 0.3) is 0 Å². The van der Waals surface area contributed by atoms with E-state index in [4.69, 9.17) is 21.1 Å². The molecular weight excluding hydrogens is 368 g/mol. The van der Waals surface area contributed by atoms with E-state index in [0.717, 1.165) is 0 Å². The number of halogens is 1. The van der Waals surface area contributed by atoms with Crippen molar-refractivity contribution in [1.29, 1.82) is 0 Å². The minimum Gasteiger partial charge on any atom is -0.495 e. The molecule has 3 rings (SSSR count). The van der Waals surface area contributed by atoms with Gasteiger partial charge in [0.2, 0.25) is 0 Å². The van der Waals surface area contributed by atoms with E-state index in [9.17, 15) is 4.79 Å². The average molecular weight is 385 g/mol. The van der Waals surface area contributed by atoms with Gasteiger partial charge in [0, 0.05) is 24.5 Å². The molecule has 0 saturated carbocycles. The molecule has 1 aromatic carbocycles. The summed E-state index contributed by atoms with van der Waals surface area (Å²) in [6, 6.07) is 10.3. The molecule has 0 aliphatic rings. The summed E-state index contributed by atoms with van der Waals surface area (Å²) in [5, 5.41) is 6.36. The van der Waals surface area contributed by atoms with E-state index < -0.39 is 0 Å². The van der Waals surface area contributed by atoms with Gasteiger partial charge in [-0.2, -0.15) is 0 Å². The van der Waals surface area contributed by atoms with E-state index in [1.165, 1.54) is 6.20 Å². The monoisotopic (exact) mass is 384 g/mol. The van der Waals surface area contributed by atoms with Crippen molar-refractivity contribution in [3.8, 4) is 11.5 Å². The van der Waals surface area contributed by atoms with Crippen molar-refractivity contribution in [3.05, 3.63) is 65.6 Å². The van der Waals surface area contributed by atoms with Crippen LogP contribution in [0.15, 0.2) is 55.0 Å². The molecule has 138 valence electrons. The summed E-state index contributed by atoms with van der Waals surface area (Å²) in [6.07, 6.45) is 4.69. The average Bonchev–Trinajstić information content (AvgIpc) is 2.71. The van der Waals surface area contributed by atoms with Gasteiger partial charge in [-0.1, -0.05) is 11.6 Å². The summed E-state index contributed by atoms with van der Waals surface area (Å²) >= 11 is 6.11. The van der Waals surface area contributed by atoms with Gasteiger partial charge in [0.15, 0.2) is 0 Å². The van der Waals surface area contributed by atoms with Crippen LogP contribution in [-0.2, 0) is 0 Å². The number of nitrogens with one attached hydrogen (secondary N) is 2. The van der Waals surface area contributed by atoms with Crippen molar-refractivity contribution >= 4 is 34.7 Å². The van der Waals surface area contributed by atoms with Crippen LogP contribution in [0.5, 0.6) is 11.5 Å². The Bertz CT molecular complexity index is 934. The number of rotatable bonds is 6. The minimum atomic E-state index is -0.277. The number of benzene rings is 1. The number of methoxy groups -OCH3 is 2. The molecular formula is C19H17ClN4O3. The molecule has 0 unspecified atom stereocenters. The van der Waals surface area contributed by atoms with Crippen molar-refractivity contribution < 1.29 is 14.3 Å². The number of aromatic nitrogens is 2. The lowest BCUT2D eigenvalue weighted by Gasteiger charge is -2.14. The van der Waals surface area contributed by atoms with Gasteiger partial charge < -0.3 is 20.1 Å². The Balaban J connectivity index is 1.74. The number of hydrogen-bond acceptors (Lipinski definition) is 6. The molecule has 0 saturated heterocycles. The van der Waals surface area contributed by atoms with Gasteiger partial charge >= 0.3 is 0 Å². The van der Waals surface area contributed by atoms with Crippen molar-refractivity contribution in [1.82, 2.24) is 9.97 Å². The number of amides is 1. The molecule has 3 aromatic rings. The fourth-order valence-corrected chi connectivity index (χ4v) is 2.57. The van der Waals surface area contributed by atoms with Gasteiger partial charge in [-0.25, -0.2) is 4.98 Å². The van der Waals surface area contributed by atoms with Crippen LogP contribution in [0.4, 0.5) is 17.2 Å². The highest BCUT2D eigenvalue weighted by molar-refractivity contribution is 6.32. The molecule has 0 bridgehead atoms. The molecule has 0 fully saturated rings. The molecule has 0 aliphatic carbocycles. The lowest BCUT2D eigenvalue weighted by atomic mass is 10.2. The van der Waals surface area contributed by atoms with E-state index in [1.807, 2.05) is 0 Å². The Morgan fingerprint density at radius 1 is 1.07 bits per heavy atom. The van der Waals surface area contributed by atoms with Gasteiger partial charge in [0.1, 0.15) is 17.3 Å². The van der Waals surface area contributed by atoms with Crippen LogP contribution in [-0.4, -0.2) is 30.1 Å². The first-order chi connectivity index (χ1) is 13.1. The SMILES string of the molecule is COc1cc(Nc2ccc(NC(=O)c3cccnc3)nc2)c(OC)cc1Cl. The highest BCUT2D eigenvalue weighted by Gasteiger charge is 2.11. The molecule has 0 spiro atoms. The Hall–Kier alpha value is -3.32. The fourth-order valence-electron chi connectivity index (χ4n) is 2.34. The van der Waals surface area contributed by atoms with Crippen molar-refractivity contribution in [2.45, 2.75) is 0 Å². The van der Waals surface area contributed by atoms with Gasteiger partial charge in [-0.15, -0.1) is 0 Å². The zero-order chi connectivity index (χ0) is 19.2. The lowest BCUT2D eigenvalue weighted by Crippen LogP contribution is -2.13. The molecule has 7 nitrogen and oxygen atoms in total. The first-order valence-electron chi connectivity index (χ1n) is 7.96.